The monoisotopic (exact) mass is 380 g/mol. The number of rotatable bonds is 2. The van der Waals surface area contributed by atoms with Gasteiger partial charge < -0.3 is 19.4 Å². The molecule has 0 amide bonds. The largest absolute Gasteiger partial charge is 0.436 e. The van der Waals surface area contributed by atoms with Crippen LogP contribution in [0, 0.1) is 0 Å². The van der Waals surface area contributed by atoms with Gasteiger partial charge in [-0.15, -0.1) is 21.5 Å². The summed E-state index contributed by atoms with van der Waals surface area (Å²) < 4.78 is 6.12. The van der Waals surface area contributed by atoms with Gasteiger partial charge in [-0.25, -0.2) is 4.98 Å². The lowest BCUT2D eigenvalue weighted by Gasteiger charge is -2.33. The fourth-order valence-electron chi connectivity index (χ4n) is 3.43. The predicted octanol–water partition coefficient (Wildman–Crippen LogP) is 3.13. The van der Waals surface area contributed by atoms with Gasteiger partial charge in [0, 0.05) is 49.4 Å². The summed E-state index contributed by atoms with van der Waals surface area (Å²) >= 11 is 1.61. The number of thiazole rings is 1. The average Bonchev–Trinajstić information content (AvgIpc) is 3.17. The zero-order valence-electron chi connectivity index (χ0n) is 15.1. The molecular formula is C19H20N6OS. The van der Waals surface area contributed by atoms with E-state index < -0.39 is 0 Å². The highest BCUT2D eigenvalue weighted by molar-refractivity contribution is 7.13. The summed E-state index contributed by atoms with van der Waals surface area (Å²) in [4.78, 5) is 11.3. The van der Waals surface area contributed by atoms with E-state index in [4.69, 9.17) is 4.74 Å². The number of fused-ring (bicyclic) bond motifs is 2. The molecule has 2 aliphatic heterocycles. The molecule has 0 spiro atoms. The van der Waals surface area contributed by atoms with Crippen molar-refractivity contribution in [3.05, 3.63) is 47.5 Å². The number of nitrogens with zero attached hydrogens (tertiary/aromatic N) is 6. The van der Waals surface area contributed by atoms with Gasteiger partial charge >= 0.3 is 0 Å². The molecule has 27 heavy (non-hydrogen) atoms. The lowest BCUT2D eigenvalue weighted by Crippen LogP contribution is -2.44. The molecule has 4 heterocycles. The minimum Gasteiger partial charge on any atom is -0.436 e. The van der Waals surface area contributed by atoms with Gasteiger partial charge in [-0.1, -0.05) is 18.2 Å². The molecule has 2 aromatic heterocycles. The molecule has 7 nitrogen and oxygen atoms in total. The van der Waals surface area contributed by atoms with Crippen molar-refractivity contribution in [2.24, 2.45) is 0 Å². The first-order chi connectivity index (χ1) is 13.3. The Morgan fingerprint density at radius 2 is 1.93 bits per heavy atom. The molecule has 0 aliphatic carbocycles. The zero-order valence-corrected chi connectivity index (χ0v) is 15.9. The summed E-state index contributed by atoms with van der Waals surface area (Å²) in [5, 5.41) is 11.8. The highest BCUT2D eigenvalue weighted by Crippen LogP contribution is 2.42. The maximum absolute atomic E-state index is 6.12. The summed E-state index contributed by atoms with van der Waals surface area (Å²) in [6, 6.07) is 10.1. The summed E-state index contributed by atoms with van der Waals surface area (Å²) in [6.07, 6.45) is 1.83. The Kier molecular flexibility index (Phi) is 4.14. The van der Waals surface area contributed by atoms with Gasteiger partial charge in [-0.2, -0.15) is 0 Å². The van der Waals surface area contributed by atoms with Crippen LogP contribution >= 0.6 is 11.3 Å². The Labute approximate surface area is 161 Å². The van der Waals surface area contributed by atoms with Crippen LogP contribution in [0.3, 0.4) is 0 Å². The number of hydrogen-bond donors (Lipinski definition) is 0. The van der Waals surface area contributed by atoms with Crippen LogP contribution in [-0.2, 0) is 6.54 Å². The molecule has 138 valence electrons. The summed E-state index contributed by atoms with van der Waals surface area (Å²) in [6.45, 7) is 4.63. The van der Waals surface area contributed by atoms with E-state index in [-0.39, 0.29) is 0 Å². The molecule has 0 bridgehead atoms. The van der Waals surface area contributed by atoms with Crippen LogP contribution in [0.15, 0.2) is 41.9 Å². The van der Waals surface area contributed by atoms with E-state index in [2.05, 4.69) is 49.1 Å². The number of hydrogen-bond acceptors (Lipinski definition) is 8. The van der Waals surface area contributed by atoms with Crippen LogP contribution < -0.4 is 14.5 Å². The van der Waals surface area contributed by atoms with Crippen molar-refractivity contribution >= 4 is 28.0 Å². The molecule has 1 aromatic carbocycles. The van der Waals surface area contributed by atoms with Crippen molar-refractivity contribution in [2.45, 2.75) is 6.54 Å². The van der Waals surface area contributed by atoms with Crippen LogP contribution in [0.1, 0.15) is 5.56 Å². The molecule has 0 atom stereocenters. The van der Waals surface area contributed by atoms with Crippen LogP contribution in [0.4, 0.5) is 16.6 Å². The predicted molar refractivity (Wildman–Crippen MR) is 106 cm³/mol. The van der Waals surface area contributed by atoms with Crippen molar-refractivity contribution in [1.82, 2.24) is 20.1 Å². The van der Waals surface area contributed by atoms with Crippen LogP contribution in [-0.4, -0.2) is 53.3 Å². The van der Waals surface area contributed by atoms with Gasteiger partial charge in [0.1, 0.15) is 11.4 Å². The van der Waals surface area contributed by atoms with Crippen molar-refractivity contribution in [2.75, 3.05) is 43.0 Å². The molecular weight excluding hydrogens is 360 g/mol. The smallest absolute Gasteiger partial charge is 0.263 e. The van der Waals surface area contributed by atoms with Gasteiger partial charge in [0.05, 0.1) is 6.54 Å². The molecule has 3 aromatic rings. The van der Waals surface area contributed by atoms with Gasteiger partial charge in [-0.05, 0) is 13.1 Å². The Balaban J connectivity index is 1.57. The van der Waals surface area contributed by atoms with Crippen LogP contribution in [0.2, 0.25) is 0 Å². The van der Waals surface area contributed by atoms with Gasteiger partial charge in [0.25, 0.3) is 5.88 Å². The summed E-state index contributed by atoms with van der Waals surface area (Å²) in [5.41, 5.74) is 2.01. The minimum atomic E-state index is 0.521. The van der Waals surface area contributed by atoms with Gasteiger partial charge in [0.2, 0.25) is 0 Å². The molecule has 1 saturated heterocycles. The van der Waals surface area contributed by atoms with Crippen molar-refractivity contribution in [3.8, 4) is 11.6 Å². The quantitative estimate of drug-likeness (QED) is 0.677. The van der Waals surface area contributed by atoms with Crippen molar-refractivity contribution in [3.63, 3.8) is 0 Å². The highest BCUT2D eigenvalue weighted by Gasteiger charge is 2.27. The Morgan fingerprint density at radius 3 is 2.74 bits per heavy atom. The first-order valence-electron chi connectivity index (χ1n) is 9.02. The van der Waals surface area contributed by atoms with E-state index in [1.165, 1.54) is 0 Å². The second-order valence-electron chi connectivity index (χ2n) is 6.79. The normalized spacial score (nSPS) is 17.1. The van der Waals surface area contributed by atoms with E-state index in [0.717, 1.165) is 54.1 Å². The lowest BCUT2D eigenvalue weighted by molar-refractivity contribution is 0.311. The third-order valence-corrected chi connectivity index (χ3v) is 5.80. The SMILES string of the molecule is CN1CCN(c2cc3c(nn2)Oc2ccccc2CN3c2nccs2)CC1. The van der Waals surface area contributed by atoms with E-state index >= 15 is 0 Å². The Hall–Kier alpha value is -2.71. The third-order valence-electron chi connectivity index (χ3n) is 5.00. The topological polar surface area (TPSA) is 57.6 Å². The molecule has 0 unspecified atom stereocenters. The number of benzene rings is 1. The maximum atomic E-state index is 6.12. The lowest BCUT2D eigenvalue weighted by atomic mass is 10.2. The fraction of sp³-hybridized carbons (Fsp3) is 0.316. The van der Waals surface area contributed by atoms with E-state index in [1.807, 2.05) is 29.8 Å². The fourth-order valence-corrected chi connectivity index (χ4v) is 4.09. The summed E-state index contributed by atoms with van der Waals surface area (Å²) in [7, 11) is 2.15. The summed E-state index contributed by atoms with van der Waals surface area (Å²) in [5.74, 6) is 2.23. The van der Waals surface area contributed by atoms with E-state index in [9.17, 15) is 0 Å². The maximum Gasteiger partial charge on any atom is 0.263 e. The minimum absolute atomic E-state index is 0.521. The van der Waals surface area contributed by atoms with Crippen molar-refractivity contribution in [1.29, 1.82) is 0 Å². The number of ether oxygens (including phenoxy) is 1. The van der Waals surface area contributed by atoms with Gasteiger partial charge in [-0.3, -0.25) is 0 Å². The molecule has 8 heteroatoms. The number of likely N-dealkylation sites (N-methyl/N-ethyl adjacent to an activating group) is 1. The first-order valence-corrected chi connectivity index (χ1v) is 9.90. The molecule has 2 aliphatic rings. The first kappa shape index (κ1) is 16.5. The van der Waals surface area contributed by atoms with Gasteiger partial charge in [0.15, 0.2) is 10.9 Å². The highest BCUT2D eigenvalue weighted by atomic mass is 32.1. The number of para-hydroxylation sites is 1. The third kappa shape index (κ3) is 3.11. The Morgan fingerprint density at radius 1 is 1.07 bits per heavy atom. The molecule has 0 saturated carbocycles. The average molecular weight is 380 g/mol. The zero-order chi connectivity index (χ0) is 18.2. The second-order valence-corrected chi connectivity index (χ2v) is 7.67. The molecule has 1 fully saturated rings. The van der Waals surface area contributed by atoms with Crippen LogP contribution in [0.5, 0.6) is 11.6 Å². The number of piperazine rings is 1. The molecule has 5 rings (SSSR count). The van der Waals surface area contributed by atoms with Crippen LogP contribution in [0.25, 0.3) is 0 Å². The molecule has 0 radical (unpaired) electrons. The number of anilines is 3. The molecule has 0 N–H and O–H groups in total. The van der Waals surface area contributed by atoms with E-state index in [0.29, 0.717) is 12.4 Å². The second kappa shape index (κ2) is 6.79. The van der Waals surface area contributed by atoms with Crippen molar-refractivity contribution < 1.29 is 4.74 Å². The Bertz CT molecular complexity index is 939. The standard InChI is InChI=1S/C19H20N6OS/c1-23-7-9-24(10-8-23)17-12-15-18(22-21-17)26-16-5-3-2-4-14(16)13-25(15)19-20-6-11-27-19/h2-6,11-12H,7-10,13H2,1H3. The van der Waals surface area contributed by atoms with E-state index in [1.54, 1.807) is 11.3 Å². The number of aromatic nitrogens is 3.